The van der Waals surface area contributed by atoms with Gasteiger partial charge in [-0.15, -0.1) is 13.2 Å². The van der Waals surface area contributed by atoms with E-state index in [1.807, 2.05) is 0 Å². The molecule has 17 heavy (non-hydrogen) atoms. The van der Waals surface area contributed by atoms with Crippen molar-refractivity contribution in [1.29, 1.82) is 0 Å². The molecule has 0 bridgehead atoms. The second kappa shape index (κ2) is 4.95. The van der Waals surface area contributed by atoms with Crippen LogP contribution in [0.25, 0.3) is 0 Å². The average Bonchev–Trinajstić information content (AvgIpc) is 2.17. The van der Waals surface area contributed by atoms with E-state index in [0.717, 1.165) is 18.2 Å². The molecule has 7 heteroatoms. The van der Waals surface area contributed by atoms with Crippen LogP contribution >= 0.6 is 15.9 Å². The highest BCUT2D eigenvalue weighted by molar-refractivity contribution is 9.09. The largest absolute Gasteiger partial charge is 0.573 e. The number of alkyl halides is 4. The number of phenolic OH excluding ortho intramolecular Hbond substituents is 1. The summed E-state index contributed by atoms with van der Waals surface area (Å²) in [6, 6.07) is 3.04. The van der Waals surface area contributed by atoms with Gasteiger partial charge in [0.1, 0.15) is 22.1 Å². The number of hydrogen-bond donors (Lipinski definition) is 1. The third-order valence-corrected chi connectivity index (χ3v) is 2.99. The number of carbonyl (C=O) groups excluding carboxylic acids is 1. The predicted octanol–water partition coefficient (Wildman–Crippen LogP) is 3.32. The van der Waals surface area contributed by atoms with Crippen molar-refractivity contribution in [2.45, 2.75) is 18.1 Å². The lowest BCUT2D eigenvalue weighted by atomic mass is 10.1. The number of aromatic hydroxyl groups is 1. The van der Waals surface area contributed by atoms with Gasteiger partial charge >= 0.3 is 6.36 Å². The number of carbonyl (C=O) groups is 1. The fourth-order valence-electron chi connectivity index (χ4n) is 1.17. The molecule has 0 aromatic heterocycles. The van der Waals surface area contributed by atoms with Crippen molar-refractivity contribution in [2.75, 3.05) is 0 Å². The van der Waals surface area contributed by atoms with Gasteiger partial charge in [0.15, 0.2) is 0 Å². The first-order valence-electron chi connectivity index (χ1n) is 4.44. The van der Waals surface area contributed by atoms with Crippen LogP contribution in [-0.4, -0.2) is 17.3 Å². The molecule has 0 aliphatic carbocycles. The number of ether oxygens (including phenoxy) is 1. The average molecular weight is 313 g/mol. The minimum Gasteiger partial charge on any atom is -0.508 e. The monoisotopic (exact) mass is 312 g/mol. The molecule has 0 fully saturated rings. The number of halogens is 4. The summed E-state index contributed by atoms with van der Waals surface area (Å²) in [6.45, 7) is 1.21. The van der Waals surface area contributed by atoms with Gasteiger partial charge < -0.3 is 9.84 Å². The summed E-state index contributed by atoms with van der Waals surface area (Å²) in [4.78, 5) is 10.1. The number of hydrogen-bond acceptors (Lipinski definition) is 3. The van der Waals surface area contributed by atoms with Gasteiger partial charge in [0, 0.05) is 5.56 Å². The fourth-order valence-corrected chi connectivity index (χ4v) is 1.53. The van der Waals surface area contributed by atoms with Crippen molar-refractivity contribution in [3.8, 4) is 11.5 Å². The molecule has 1 unspecified atom stereocenters. The molecule has 0 heterocycles. The maximum Gasteiger partial charge on any atom is 0.573 e. The highest BCUT2D eigenvalue weighted by atomic mass is 79.9. The van der Waals surface area contributed by atoms with Gasteiger partial charge in [-0.05, 0) is 25.1 Å². The molecule has 0 saturated carbocycles. The molecule has 0 saturated heterocycles. The lowest BCUT2D eigenvalue weighted by Gasteiger charge is -2.15. The molecular weight excluding hydrogens is 305 g/mol. The SMILES string of the molecule is CC(=O)C(Br)c1cc(O)ccc1OC(F)(F)F. The van der Waals surface area contributed by atoms with Crippen molar-refractivity contribution >= 4 is 21.7 Å². The second-order valence-corrected chi connectivity index (χ2v) is 4.16. The Labute approximate surface area is 103 Å². The quantitative estimate of drug-likeness (QED) is 0.871. The van der Waals surface area contributed by atoms with E-state index >= 15 is 0 Å². The molecule has 3 nitrogen and oxygen atoms in total. The molecule has 1 aromatic rings. The van der Waals surface area contributed by atoms with Gasteiger partial charge in [-0.1, -0.05) is 15.9 Å². The Morgan fingerprint density at radius 3 is 2.53 bits per heavy atom. The van der Waals surface area contributed by atoms with Crippen molar-refractivity contribution in [3.05, 3.63) is 23.8 Å². The molecule has 1 N–H and O–H groups in total. The van der Waals surface area contributed by atoms with E-state index in [-0.39, 0.29) is 11.3 Å². The van der Waals surface area contributed by atoms with Crippen molar-refractivity contribution in [2.24, 2.45) is 0 Å². The normalized spacial score (nSPS) is 13.2. The maximum absolute atomic E-state index is 12.1. The number of rotatable bonds is 3. The minimum atomic E-state index is -4.85. The topological polar surface area (TPSA) is 46.5 Å². The van der Waals surface area contributed by atoms with Gasteiger partial charge in [0.2, 0.25) is 0 Å². The van der Waals surface area contributed by atoms with Crippen LogP contribution in [0.1, 0.15) is 17.3 Å². The Morgan fingerprint density at radius 2 is 2.06 bits per heavy atom. The first-order chi connectivity index (χ1) is 7.70. The summed E-state index contributed by atoms with van der Waals surface area (Å²) in [6.07, 6.45) is -4.85. The van der Waals surface area contributed by atoms with E-state index in [0.29, 0.717) is 0 Å². The fraction of sp³-hybridized carbons (Fsp3) is 0.300. The summed E-state index contributed by atoms with van der Waals surface area (Å²) < 4.78 is 40.1. The van der Waals surface area contributed by atoms with E-state index in [1.54, 1.807) is 0 Å². The molecule has 0 aliphatic heterocycles. The molecule has 0 radical (unpaired) electrons. The molecule has 0 spiro atoms. The third-order valence-electron chi connectivity index (χ3n) is 1.85. The molecule has 94 valence electrons. The van der Waals surface area contributed by atoms with E-state index in [9.17, 15) is 23.1 Å². The number of benzene rings is 1. The Bertz CT molecular complexity index is 431. The van der Waals surface area contributed by atoms with Gasteiger partial charge in [0.25, 0.3) is 0 Å². The zero-order chi connectivity index (χ0) is 13.2. The van der Waals surface area contributed by atoms with Crippen molar-refractivity contribution in [3.63, 3.8) is 0 Å². The van der Waals surface area contributed by atoms with Crippen LogP contribution in [0.15, 0.2) is 18.2 Å². The Morgan fingerprint density at radius 1 is 1.47 bits per heavy atom. The predicted molar refractivity (Wildman–Crippen MR) is 57.1 cm³/mol. The van der Waals surface area contributed by atoms with E-state index in [2.05, 4.69) is 20.7 Å². The van der Waals surface area contributed by atoms with Crippen LogP contribution in [0.5, 0.6) is 11.5 Å². The summed E-state index contributed by atoms with van der Waals surface area (Å²) in [7, 11) is 0. The van der Waals surface area contributed by atoms with Gasteiger partial charge in [-0.25, -0.2) is 0 Å². The Balaban J connectivity index is 3.17. The Kier molecular flexibility index (Phi) is 4.03. The van der Waals surface area contributed by atoms with E-state index in [4.69, 9.17) is 0 Å². The van der Waals surface area contributed by atoms with Gasteiger partial charge in [0.05, 0.1) is 0 Å². The van der Waals surface area contributed by atoms with Crippen LogP contribution in [0.3, 0.4) is 0 Å². The van der Waals surface area contributed by atoms with E-state index in [1.165, 1.54) is 6.92 Å². The maximum atomic E-state index is 12.1. The van der Waals surface area contributed by atoms with Crippen LogP contribution in [0, 0.1) is 0 Å². The second-order valence-electron chi connectivity index (χ2n) is 3.24. The van der Waals surface area contributed by atoms with Gasteiger partial charge in [-0.2, -0.15) is 0 Å². The smallest absolute Gasteiger partial charge is 0.508 e. The number of ketones is 1. The Hall–Kier alpha value is -1.24. The molecule has 1 aromatic carbocycles. The highest BCUT2D eigenvalue weighted by Crippen LogP contribution is 2.36. The van der Waals surface area contributed by atoms with Crippen LogP contribution in [-0.2, 0) is 4.79 Å². The zero-order valence-electron chi connectivity index (χ0n) is 8.58. The van der Waals surface area contributed by atoms with Crippen LogP contribution < -0.4 is 4.74 Å². The van der Waals surface area contributed by atoms with Crippen LogP contribution in [0.4, 0.5) is 13.2 Å². The molecule has 1 atom stereocenters. The number of Topliss-reactive ketones (excluding diaryl/α,β-unsaturated/α-hetero) is 1. The summed E-state index contributed by atoms with van der Waals surface area (Å²) in [5.74, 6) is -1.17. The lowest BCUT2D eigenvalue weighted by molar-refractivity contribution is -0.274. The molecule has 1 rings (SSSR count). The first kappa shape index (κ1) is 13.8. The molecular formula is C10H8BrF3O3. The molecule has 0 amide bonds. The van der Waals surface area contributed by atoms with E-state index < -0.39 is 22.7 Å². The summed E-state index contributed by atoms with van der Waals surface area (Å²) in [5.41, 5.74) is -0.0742. The lowest BCUT2D eigenvalue weighted by Crippen LogP contribution is -2.18. The van der Waals surface area contributed by atoms with Crippen molar-refractivity contribution < 1.29 is 27.8 Å². The summed E-state index contributed by atoms with van der Waals surface area (Å²) >= 11 is 2.93. The standard InChI is InChI=1S/C10H8BrF3O3/c1-5(15)9(11)7-4-6(16)2-3-8(7)17-10(12,13)14/h2-4,9,16H,1H3. The third kappa shape index (κ3) is 3.92. The van der Waals surface area contributed by atoms with Gasteiger partial charge in [-0.3, -0.25) is 4.79 Å². The molecule has 0 aliphatic rings. The van der Waals surface area contributed by atoms with Crippen LogP contribution in [0.2, 0.25) is 0 Å². The zero-order valence-corrected chi connectivity index (χ0v) is 10.2. The van der Waals surface area contributed by atoms with Crippen molar-refractivity contribution in [1.82, 2.24) is 0 Å². The number of phenols is 1. The summed E-state index contributed by atoms with van der Waals surface area (Å²) in [5, 5.41) is 9.20. The highest BCUT2D eigenvalue weighted by Gasteiger charge is 2.33. The minimum absolute atomic E-state index is 0.0742. The first-order valence-corrected chi connectivity index (χ1v) is 5.35.